The third-order valence-corrected chi connectivity index (χ3v) is 4.71. The maximum atomic E-state index is 6.09. The summed E-state index contributed by atoms with van der Waals surface area (Å²) in [6.45, 7) is 6.56. The van der Waals surface area contributed by atoms with Crippen LogP contribution in [-0.2, 0) is 6.54 Å². The third-order valence-electron chi connectivity index (χ3n) is 3.94. The van der Waals surface area contributed by atoms with Crippen molar-refractivity contribution in [2.75, 3.05) is 26.7 Å². The molecule has 1 fully saturated rings. The minimum Gasteiger partial charge on any atom is -0.312 e. The molecule has 0 atom stereocenters. The van der Waals surface area contributed by atoms with Crippen LogP contribution in [0.3, 0.4) is 0 Å². The normalized spacial score (nSPS) is 19.6. The summed E-state index contributed by atoms with van der Waals surface area (Å²) in [5, 5.41) is 4.12. The highest BCUT2D eigenvalue weighted by atomic mass is 79.9. The molecule has 0 amide bonds. The molecule has 1 saturated heterocycles. The van der Waals surface area contributed by atoms with Crippen LogP contribution in [0.4, 0.5) is 0 Å². The first-order chi connectivity index (χ1) is 8.98. The van der Waals surface area contributed by atoms with Crippen molar-refractivity contribution >= 4 is 27.5 Å². The Bertz CT molecular complexity index is 431. The van der Waals surface area contributed by atoms with Gasteiger partial charge in [0.2, 0.25) is 0 Å². The van der Waals surface area contributed by atoms with Crippen LogP contribution in [0.2, 0.25) is 5.15 Å². The molecule has 1 N–H and O–H groups in total. The van der Waals surface area contributed by atoms with Crippen LogP contribution >= 0.6 is 27.5 Å². The summed E-state index contributed by atoms with van der Waals surface area (Å²) >= 11 is 9.52. The molecular formula is C14H21BrClN3. The van der Waals surface area contributed by atoms with Crippen LogP contribution in [0.5, 0.6) is 0 Å². The summed E-state index contributed by atoms with van der Waals surface area (Å²) in [5.74, 6) is 0. The first-order valence-corrected chi connectivity index (χ1v) is 7.85. The van der Waals surface area contributed by atoms with Gasteiger partial charge in [0.1, 0.15) is 5.15 Å². The lowest BCUT2D eigenvalue weighted by Crippen LogP contribution is -2.41. The van der Waals surface area contributed by atoms with Gasteiger partial charge in [-0.1, -0.05) is 18.5 Å². The molecule has 0 aliphatic carbocycles. The molecule has 0 spiro atoms. The van der Waals surface area contributed by atoms with Crippen LogP contribution in [-0.4, -0.2) is 36.6 Å². The highest BCUT2D eigenvalue weighted by Crippen LogP contribution is 2.29. The molecule has 0 aromatic carbocycles. The fourth-order valence-electron chi connectivity index (χ4n) is 2.42. The Morgan fingerprint density at radius 1 is 1.47 bits per heavy atom. The average Bonchev–Trinajstić information content (AvgIpc) is 2.38. The molecule has 1 aliphatic rings. The minimum atomic E-state index is 0.401. The number of aromatic nitrogens is 1. The van der Waals surface area contributed by atoms with E-state index in [1.807, 2.05) is 6.07 Å². The van der Waals surface area contributed by atoms with Gasteiger partial charge in [0.25, 0.3) is 0 Å². The van der Waals surface area contributed by atoms with Gasteiger partial charge in [-0.05, 0) is 60.4 Å². The molecule has 0 bridgehead atoms. The highest BCUT2D eigenvalue weighted by Gasteiger charge is 2.28. The standard InChI is InChI=1S/C14H21BrClN3/c1-14(3-5-19(2)6-4-14)10-17-8-11-7-12(15)9-18-13(11)16/h7,9,17H,3-6,8,10H2,1-2H3. The van der Waals surface area contributed by atoms with E-state index in [0.29, 0.717) is 10.6 Å². The Kier molecular flexibility index (Phi) is 5.23. The van der Waals surface area contributed by atoms with Crippen molar-refractivity contribution in [3.63, 3.8) is 0 Å². The van der Waals surface area contributed by atoms with E-state index < -0.39 is 0 Å². The van der Waals surface area contributed by atoms with Crippen LogP contribution in [0.15, 0.2) is 16.7 Å². The molecule has 0 saturated carbocycles. The van der Waals surface area contributed by atoms with Crippen molar-refractivity contribution in [3.8, 4) is 0 Å². The van der Waals surface area contributed by atoms with Crippen LogP contribution in [0.1, 0.15) is 25.3 Å². The molecule has 2 heterocycles. The number of piperidine rings is 1. The zero-order valence-corrected chi connectivity index (χ0v) is 13.9. The molecule has 2 rings (SSSR count). The van der Waals surface area contributed by atoms with E-state index in [9.17, 15) is 0 Å². The van der Waals surface area contributed by atoms with Gasteiger partial charge in [0.05, 0.1) is 0 Å². The van der Waals surface area contributed by atoms with Crippen molar-refractivity contribution in [1.29, 1.82) is 0 Å². The van der Waals surface area contributed by atoms with E-state index in [1.165, 1.54) is 25.9 Å². The minimum absolute atomic E-state index is 0.401. The number of hydrogen-bond acceptors (Lipinski definition) is 3. The molecule has 1 aromatic rings. The van der Waals surface area contributed by atoms with Crippen LogP contribution < -0.4 is 5.32 Å². The number of hydrogen-bond donors (Lipinski definition) is 1. The largest absolute Gasteiger partial charge is 0.312 e. The Balaban J connectivity index is 1.84. The molecule has 106 valence electrons. The van der Waals surface area contributed by atoms with Crippen molar-refractivity contribution < 1.29 is 0 Å². The number of halogens is 2. The summed E-state index contributed by atoms with van der Waals surface area (Å²) in [5.41, 5.74) is 1.45. The van der Waals surface area contributed by atoms with Gasteiger partial charge in [-0.15, -0.1) is 0 Å². The lowest BCUT2D eigenvalue weighted by molar-refractivity contribution is 0.137. The predicted octanol–water partition coefficient (Wildman–Crippen LogP) is 3.32. The van der Waals surface area contributed by atoms with Crippen molar-refractivity contribution in [2.24, 2.45) is 5.41 Å². The Morgan fingerprint density at radius 2 is 2.16 bits per heavy atom. The zero-order chi connectivity index (χ0) is 13.9. The number of likely N-dealkylation sites (tertiary alicyclic amines) is 1. The zero-order valence-electron chi connectivity index (χ0n) is 11.5. The average molecular weight is 347 g/mol. The van der Waals surface area contributed by atoms with E-state index in [4.69, 9.17) is 11.6 Å². The summed E-state index contributed by atoms with van der Waals surface area (Å²) in [6.07, 6.45) is 4.23. The fourth-order valence-corrected chi connectivity index (χ4v) is 2.97. The van der Waals surface area contributed by atoms with E-state index in [2.05, 4.69) is 45.1 Å². The summed E-state index contributed by atoms with van der Waals surface area (Å²) in [6, 6.07) is 2.03. The van der Waals surface area contributed by atoms with Crippen LogP contribution in [0.25, 0.3) is 0 Å². The van der Waals surface area contributed by atoms with Gasteiger partial charge in [-0.25, -0.2) is 4.98 Å². The second-order valence-electron chi connectivity index (χ2n) is 5.82. The lowest BCUT2D eigenvalue weighted by Gasteiger charge is -2.38. The number of nitrogens with one attached hydrogen (secondary N) is 1. The van der Waals surface area contributed by atoms with E-state index in [-0.39, 0.29) is 0 Å². The summed E-state index contributed by atoms with van der Waals surface area (Å²) in [7, 11) is 2.19. The van der Waals surface area contributed by atoms with Gasteiger partial charge in [-0.3, -0.25) is 0 Å². The monoisotopic (exact) mass is 345 g/mol. The van der Waals surface area contributed by atoms with Gasteiger partial charge in [0.15, 0.2) is 0 Å². The number of nitrogens with zero attached hydrogens (tertiary/aromatic N) is 2. The predicted molar refractivity (Wildman–Crippen MR) is 83.5 cm³/mol. The second kappa shape index (κ2) is 6.53. The van der Waals surface area contributed by atoms with Gasteiger partial charge < -0.3 is 10.2 Å². The SMILES string of the molecule is CN1CCC(C)(CNCc2cc(Br)cnc2Cl)CC1. The Morgan fingerprint density at radius 3 is 2.84 bits per heavy atom. The first kappa shape index (κ1) is 15.2. The van der Waals surface area contributed by atoms with E-state index in [0.717, 1.165) is 23.1 Å². The van der Waals surface area contributed by atoms with E-state index in [1.54, 1.807) is 6.20 Å². The fraction of sp³-hybridized carbons (Fsp3) is 0.643. The Hall–Kier alpha value is -0.160. The van der Waals surface area contributed by atoms with Crippen molar-refractivity contribution in [1.82, 2.24) is 15.2 Å². The lowest BCUT2D eigenvalue weighted by atomic mass is 9.80. The number of rotatable bonds is 4. The third kappa shape index (κ3) is 4.42. The molecule has 1 aliphatic heterocycles. The molecule has 19 heavy (non-hydrogen) atoms. The van der Waals surface area contributed by atoms with Gasteiger partial charge in [-0.2, -0.15) is 0 Å². The topological polar surface area (TPSA) is 28.2 Å². The number of pyridine rings is 1. The molecule has 3 nitrogen and oxygen atoms in total. The van der Waals surface area contributed by atoms with Crippen molar-refractivity contribution in [3.05, 3.63) is 27.5 Å². The maximum Gasteiger partial charge on any atom is 0.133 e. The van der Waals surface area contributed by atoms with E-state index >= 15 is 0 Å². The highest BCUT2D eigenvalue weighted by molar-refractivity contribution is 9.10. The molecule has 5 heteroatoms. The Labute approximate surface area is 128 Å². The molecular weight excluding hydrogens is 326 g/mol. The molecule has 1 aromatic heterocycles. The quantitative estimate of drug-likeness (QED) is 0.848. The summed E-state index contributed by atoms with van der Waals surface area (Å²) in [4.78, 5) is 6.54. The van der Waals surface area contributed by atoms with Gasteiger partial charge in [0, 0.05) is 29.3 Å². The smallest absolute Gasteiger partial charge is 0.133 e. The molecule has 0 unspecified atom stereocenters. The van der Waals surface area contributed by atoms with Gasteiger partial charge >= 0.3 is 0 Å². The molecule has 0 radical (unpaired) electrons. The summed E-state index contributed by atoms with van der Waals surface area (Å²) < 4.78 is 0.971. The van der Waals surface area contributed by atoms with Crippen molar-refractivity contribution in [2.45, 2.75) is 26.3 Å². The van der Waals surface area contributed by atoms with Crippen LogP contribution in [0, 0.1) is 5.41 Å². The maximum absolute atomic E-state index is 6.09. The second-order valence-corrected chi connectivity index (χ2v) is 7.09. The first-order valence-electron chi connectivity index (χ1n) is 6.68.